The quantitative estimate of drug-likeness (QED) is 0.201. The lowest BCUT2D eigenvalue weighted by Gasteiger charge is -2.30. The van der Waals surface area contributed by atoms with Crippen molar-refractivity contribution in [1.82, 2.24) is 30.0 Å². The molecule has 1 fully saturated rings. The van der Waals surface area contributed by atoms with Crippen molar-refractivity contribution in [3.63, 3.8) is 0 Å². The van der Waals surface area contributed by atoms with Gasteiger partial charge in [-0.25, -0.2) is 9.78 Å². The summed E-state index contributed by atoms with van der Waals surface area (Å²) in [5, 5.41) is 11.9. The molecule has 7 rings (SSSR count). The molecule has 0 amide bonds. The maximum absolute atomic E-state index is 12.5. The Morgan fingerprint density at radius 2 is 1.65 bits per heavy atom. The third-order valence-corrected chi connectivity index (χ3v) is 8.01. The zero-order chi connectivity index (χ0) is 33.7. The van der Waals surface area contributed by atoms with Crippen molar-refractivity contribution >= 4 is 16.9 Å². The Kier molecular flexibility index (Phi) is 9.39. The number of alkyl halides is 3. The smallest absolute Gasteiger partial charge is 0.475 e. The number of likely N-dealkylation sites (tertiary alicyclic amines) is 1. The lowest BCUT2D eigenvalue weighted by atomic mass is 9.95. The molecule has 1 saturated heterocycles. The molecule has 244 valence electrons. The predicted molar refractivity (Wildman–Crippen MR) is 172 cm³/mol. The van der Waals surface area contributed by atoms with Gasteiger partial charge in [0, 0.05) is 47.7 Å². The van der Waals surface area contributed by atoms with Crippen LogP contribution in [0.1, 0.15) is 30.2 Å². The number of aliphatic carboxylic acids is 1. The highest BCUT2D eigenvalue weighted by Crippen LogP contribution is 2.33. The van der Waals surface area contributed by atoms with E-state index in [1.165, 1.54) is 5.56 Å². The SMILES string of the molecule is O=C(O)C(F)(F)F.O=c1[nH]ccc2nc(-c3ccc(CN4CCC(c5nc(-c6cccnc6)no5)CC4)cc3)c(-c3ccccc3)cc12. The fraction of sp³-hybridized carbons (Fsp3) is 0.200. The van der Waals surface area contributed by atoms with Crippen LogP contribution in [0.4, 0.5) is 13.2 Å². The van der Waals surface area contributed by atoms with Gasteiger partial charge in [-0.2, -0.15) is 18.2 Å². The summed E-state index contributed by atoms with van der Waals surface area (Å²) >= 11 is 0. The van der Waals surface area contributed by atoms with Crippen LogP contribution in [-0.2, 0) is 11.3 Å². The van der Waals surface area contributed by atoms with Crippen LogP contribution in [0.5, 0.6) is 0 Å². The molecule has 2 N–H and O–H groups in total. The summed E-state index contributed by atoms with van der Waals surface area (Å²) in [6.45, 7) is 2.82. The minimum atomic E-state index is -5.08. The number of benzene rings is 2. The van der Waals surface area contributed by atoms with Gasteiger partial charge in [-0.15, -0.1) is 0 Å². The van der Waals surface area contributed by atoms with Crippen molar-refractivity contribution in [2.24, 2.45) is 0 Å². The van der Waals surface area contributed by atoms with Crippen LogP contribution < -0.4 is 5.56 Å². The Labute approximate surface area is 271 Å². The van der Waals surface area contributed by atoms with Crippen molar-refractivity contribution in [3.05, 3.63) is 119 Å². The van der Waals surface area contributed by atoms with E-state index < -0.39 is 12.1 Å². The molecule has 10 nitrogen and oxygen atoms in total. The molecule has 0 aliphatic carbocycles. The van der Waals surface area contributed by atoms with Crippen molar-refractivity contribution in [2.45, 2.75) is 31.5 Å². The molecule has 0 radical (unpaired) electrons. The van der Waals surface area contributed by atoms with E-state index in [-0.39, 0.29) is 11.5 Å². The monoisotopic (exact) mass is 654 g/mol. The van der Waals surface area contributed by atoms with E-state index in [2.05, 4.69) is 61.4 Å². The molecule has 0 atom stereocenters. The van der Waals surface area contributed by atoms with Crippen molar-refractivity contribution < 1.29 is 27.6 Å². The first kappa shape index (κ1) is 32.3. The fourth-order valence-corrected chi connectivity index (χ4v) is 5.55. The number of hydrogen-bond donors (Lipinski definition) is 2. The Morgan fingerprint density at radius 1 is 0.938 bits per heavy atom. The Balaban J connectivity index is 0.000000519. The van der Waals surface area contributed by atoms with Gasteiger partial charge in [0.1, 0.15) is 0 Å². The summed E-state index contributed by atoms with van der Waals surface area (Å²) in [5.41, 5.74) is 6.53. The minimum absolute atomic E-state index is 0.133. The number of H-pyrrole nitrogens is 1. The van der Waals surface area contributed by atoms with Gasteiger partial charge >= 0.3 is 12.1 Å². The summed E-state index contributed by atoms with van der Waals surface area (Å²) < 4.78 is 37.3. The first-order valence-corrected chi connectivity index (χ1v) is 15.1. The van der Waals surface area contributed by atoms with E-state index in [0.717, 1.165) is 60.4 Å². The summed E-state index contributed by atoms with van der Waals surface area (Å²) in [5.74, 6) is -1.17. The second kappa shape index (κ2) is 14.0. The van der Waals surface area contributed by atoms with E-state index in [9.17, 15) is 18.0 Å². The number of halogens is 3. The largest absolute Gasteiger partial charge is 0.490 e. The number of fused-ring (bicyclic) bond motifs is 1. The second-order valence-electron chi connectivity index (χ2n) is 11.2. The maximum atomic E-state index is 12.5. The Bertz CT molecular complexity index is 2060. The molecule has 0 unspecified atom stereocenters. The van der Waals surface area contributed by atoms with Gasteiger partial charge in [-0.1, -0.05) is 59.8 Å². The molecule has 5 heterocycles. The standard InChI is InChI=1S/C33H28N6O2.C2HF3O2/c40-32-28-19-27(23-5-2-1-3-6-23)30(36-29(28)12-16-35-32)24-10-8-22(9-11-24)21-39-17-13-25(14-18-39)33-37-31(38-41-33)26-7-4-15-34-20-26;3-2(4,5)1(6)7/h1-12,15-16,19-20,25H,13-14,17-18,21H2,(H,35,40);(H,6,7). The van der Waals surface area contributed by atoms with Crippen molar-refractivity contribution in [1.29, 1.82) is 0 Å². The summed E-state index contributed by atoms with van der Waals surface area (Å²) in [6.07, 6.45) is 2.01. The molecule has 6 aromatic rings. The number of piperidine rings is 1. The van der Waals surface area contributed by atoms with Crippen LogP contribution in [0, 0.1) is 0 Å². The first-order valence-electron chi connectivity index (χ1n) is 15.1. The Morgan fingerprint density at radius 3 is 2.31 bits per heavy atom. The highest BCUT2D eigenvalue weighted by atomic mass is 19.4. The van der Waals surface area contributed by atoms with Crippen LogP contribution in [0.25, 0.3) is 44.7 Å². The van der Waals surface area contributed by atoms with Gasteiger partial charge in [0.25, 0.3) is 5.56 Å². The second-order valence-corrected chi connectivity index (χ2v) is 11.2. The molecule has 2 aromatic carbocycles. The molecule has 1 aliphatic rings. The van der Waals surface area contributed by atoms with Gasteiger partial charge in [-0.05, 0) is 61.3 Å². The van der Waals surface area contributed by atoms with Crippen molar-refractivity contribution in [3.8, 4) is 33.8 Å². The van der Waals surface area contributed by atoms with E-state index in [0.29, 0.717) is 22.6 Å². The number of aromatic nitrogens is 5. The molecule has 13 heteroatoms. The van der Waals surface area contributed by atoms with E-state index in [4.69, 9.17) is 19.4 Å². The van der Waals surface area contributed by atoms with Crippen LogP contribution in [0.3, 0.4) is 0 Å². The van der Waals surface area contributed by atoms with Gasteiger partial charge in [0.05, 0.1) is 16.6 Å². The molecular formula is C35H29F3N6O4. The Hall–Kier alpha value is -5.69. The molecule has 4 aromatic heterocycles. The number of nitrogens with one attached hydrogen (secondary N) is 1. The molecule has 0 saturated carbocycles. The molecule has 48 heavy (non-hydrogen) atoms. The molecule has 1 aliphatic heterocycles. The molecule has 0 spiro atoms. The average Bonchev–Trinajstić information content (AvgIpc) is 3.60. The average molecular weight is 655 g/mol. The number of carboxylic acid groups (broad SMARTS) is 1. The minimum Gasteiger partial charge on any atom is -0.475 e. The van der Waals surface area contributed by atoms with Crippen molar-refractivity contribution in [2.75, 3.05) is 13.1 Å². The van der Waals surface area contributed by atoms with Crippen LogP contribution in [0.2, 0.25) is 0 Å². The lowest BCUT2D eigenvalue weighted by Crippen LogP contribution is -2.32. The van der Waals surface area contributed by atoms with E-state index >= 15 is 0 Å². The van der Waals surface area contributed by atoms with Crippen LogP contribution >= 0.6 is 0 Å². The normalized spacial score (nSPS) is 14.0. The lowest BCUT2D eigenvalue weighted by molar-refractivity contribution is -0.192. The van der Waals surface area contributed by atoms with Gasteiger partial charge in [0.2, 0.25) is 11.7 Å². The third kappa shape index (κ3) is 7.47. The molecular weight excluding hydrogens is 625 g/mol. The van der Waals surface area contributed by atoms with Gasteiger partial charge in [0.15, 0.2) is 0 Å². The third-order valence-electron chi connectivity index (χ3n) is 8.01. The highest BCUT2D eigenvalue weighted by molar-refractivity contribution is 5.91. The maximum Gasteiger partial charge on any atom is 0.490 e. The van der Waals surface area contributed by atoms with Gasteiger partial charge < -0.3 is 14.6 Å². The van der Waals surface area contributed by atoms with Crippen LogP contribution in [-0.4, -0.2) is 60.3 Å². The van der Waals surface area contributed by atoms with Gasteiger partial charge in [-0.3, -0.25) is 14.7 Å². The summed E-state index contributed by atoms with van der Waals surface area (Å²) in [6, 6.07) is 26.3. The summed E-state index contributed by atoms with van der Waals surface area (Å²) in [7, 11) is 0. The number of nitrogens with zero attached hydrogens (tertiary/aromatic N) is 5. The fourth-order valence-electron chi connectivity index (χ4n) is 5.55. The predicted octanol–water partition coefficient (Wildman–Crippen LogP) is 6.72. The van der Waals surface area contributed by atoms with E-state index in [1.807, 2.05) is 42.5 Å². The molecule has 0 bridgehead atoms. The number of hydrogen-bond acceptors (Lipinski definition) is 8. The summed E-state index contributed by atoms with van der Waals surface area (Å²) in [4.78, 5) is 40.3. The number of pyridine rings is 3. The van der Waals surface area contributed by atoms with Crippen LogP contribution in [0.15, 0.2) is 107 Å². The number of carbonyl (C=O) groups is 1. The number of carboxylic acids is 1. The topological polar surface area (TPSA) is 138 Å². The number of rotatable bonds is 6. The van der Waals surface area contributed by atoms with E-state index in [1.54, 1.807) is 18.6 Å². The zero-order valence-corrected chi connectivity index (χ0v) is 25.4. The highest BCUT2D eigenvalue weighted by Gasteiger charge is 2.38. The first-order chi connectivity index (χ1) is 23.2. The number of aromatic amines is 1. The zero-order valence-electron chi connectivity index (χ0n) is 25.4.